The largest absolute Gasteiger partial charge is 0.311 e. The van der Waals surface area contributed by atoms with Gasteiger partial charge in [-0.25, -0.2) is 0 Å². The highest BCUT2D eigenvalue weighted by Crippen LogP contribution is 2.61. The fourth-order valence-electron chi connectivity index (χ4n) is 9.15. The van der Waals surface area contributed by atoms with Gasteiger partial charge in [0.25, 0.3) is 0 Å². The van der Waals surface area contributed by atoms with Crippen molar-refractivity contribution in [2.75, 3.05) is 4.90 Å². The second kappa shape index (κ2) is 10.2. The molecule has 4 aliphatic carbocycles. The first-order valence-electron chi connectivity index (χ1n) is 15.0. The summed E-state index contributed by atoms with van der Waals surface area (Å²) in [7, 11) is 0. The zero-order valence-electron chi connectivity index (χ0n) is 22.1. The van der Waals surface area contributed by atoms with Gasteiger partial charge in [-0.15, -0.1) is 0 Å². The zero-order valence-corrected chi connectivity index (χ0v) is 22.1. The van der Waals surface area contributed by atoms with E-state index in [-0.39, 0.29) is 0 Å². The number of nitrogens with zero attached hydrogens (tertiary/aromatic N) is 1. The molecule has 4 aliphatic rings. The number of allylic oxidation sites excluding steroid dienone is 1. The molecule has 4 fully saturated rings. The van der Waals surface area contributed by atoms with Gasteiger partial charge in [-0.1, -0.05) is 79.9 Å². The Kier molecular flexibility index (Phi) is 6.41. The van der Waals surface area contributed by atoms with Crippen molar-refractivity contribution in [2.24, 2.45) is 41.4 Å². The first-order valence-corrected chi connectivity index (χ1v) is 15.0. The number of benzene rings is 3. The van der Waals surface area contributed by atoms with Crippen LogP contribution < -0.4 is 4.90 Å². The molecule has 3 aromatic carbocycles. The lowest BCUT2D eigenvalue weighted by Crippen LogP contribution is -2.51. The quantitative estimate of drug-likeness (QED) is 0.346. The fraction of sp³-hybridized carbons (Fsp3) is 0.444. The van der Waals surface area contributed by atoms with E-state index in [1.54, 1.807) is 6.42 Å². The summed E-state index contributed by atoms with van der Waals surface area (Å²) in [5.74, 6) is 7.01. The molecule has 7 atom stereocenters. The van der Waals surface area contributed by atoms with E-state index in [4.69, 9.17) is 0 Å². The number of anilines is 3. The Balaban J connectivity index is 1.11. The van der Waals surface area contributed by atoms with E-state index in [1.807, 2.05) is 0 Å². The molecule has 0 N–H and O–H groups in total. The molecule has 0 radical (unpaired) electrons. The van der Waals surface area contributed by atoms with Crippen LogP contribution in [-0.4, -0.2) is 0 Å². The van der Waals surface area contributed by atoms with Crippen molar-refractivity contribution in [1.29, 1.82) is 0 Å². The summed E-state index contributed by atoms with van der Waals surface area (Å²) in [5.41, 5.74) is 4.93. The topological polar surface area (TPSA) is 3.24 Å². The normalized spacial score (nSPS) is 32.6. The maximum atomic E-state index is 2.62. The molecule has 1 nitrogen and oxygen atoms in total. The van der Waals surface area contributed by atoms with Gasteiger partial charge in [0.15, 0.2) is 0 Å². The summed E-state index contributed by atoms with van der Waals surface area (Å²) >= 11 is 0. The number of hydrogen-bond donors (Lipinski definition) is 0. The van der Waals surface area contributed by atoms with Gasteiger partial charge >= 0.3 is 0 Å². The van der Waals surface area contributed by atoms with E-state index in [9.17, 15) is 0 Å². The van der Waals surface area contributed by atoms with E-state index in [2.05, 4.69) is 102 Å². The fourth-order valence-corrected chi connectivity index (χ4v) is 9.15. The zero-order chi connectivity index (χ0) is 24.6. The van der Waals surface area contributed by atoms with Crippen LogP contribution >= 0.6 is 0 Å². The summed E-state index contributed by atoms with van der Waals surface area (Å²) in [4.78, 5) is 2.34. The van der Waals surface area contributed by atoms with Gasteiger partial charge in [-0.2, -0.15) is 0 Å². The summed E-state index contributed by atoms with van der Waals surface area (Å²) in [5, 5.41) is 0. The predicted molar refractivity (Wildman–Crippen MR) is 156 cm³/mol. The van der Waals surface area contributed by atoms with Gasteiger partial charge in [0.05, 0.1) is 0 Å². The summed E-state index contributed by atoms with van der Waals surface area (Å²) in [6.07, 6.45) is 18.6. The minimum atomic E-state index is 0.785. The molecule has 4 saturated carbocycles. The highest BCUT2D eigenvalue weighted by molar-refractivity contribution is 5.76. The Hall–Kier alpha value is -2.80. The second-order valence-corrected chi connectivity index (χ2v) is 12.4. The van der Waals surface area contributed by atoms with Crippen LogP contribution in [0.1, 0.15) is 63.4 Å². The Morgan fingerprint density at radius 3 is 1.70 bits per heavy atom. The van der Waals surface area contributed by atoms with Crippen LogP contribution in [0, 0.1) is 41.4 Å². The molecule has 0 amide bonds. The van der Waals surface area contributed by atoms with Gasteiger partial charge in [0, 0.05) is 17.1 Å². The molecular formula is C36H41N. The highest BCUT2D eigenvalue weighted by atomic mass is 15.1. The molecule has 7 rings (SSSR count). The lowest BCUT2D eigenvalue weighted by atomic mass is 9.46. The summed E-state index contributed by atoms with van der Waals surface area (Å²) in [6, 6.07) is 30.6. The molecule has 0 bridgehead atoms. The number of para-hydroxylation sites is 2. The third-order valence-corrected chi connectivity index (χ3v) is 10.6. The van der Waals surface area contributed by atoms with E-state index < -0.39 is 0 Å². The molecule has 0 aromatic heterocycles. The van der Waals surface area contributed by atoms with Gasteiger partial charge < -0.3 is 4.90 Å². The minimum Gasteiger partial charge on any atom is -0.311 e. The van der Waals surface area contributed by atoms with Crippen LogP contribution in [0.2, 0.25) is 0 Å². The Labute approximate surface area is 223 Å². The molecule has 0 saturated heterocycles. The summed E-state index contributed by atoms with van der Waals surface area (Å²) in [6.45, 7) is 0. The van der Waals surface area contributed by atoms with E-state index in [0.29, 0.717) is 0 Å². The molecule has 1 heteroatoms. The van der Waals surface area contributed by atoms with Crippen molar-refractivity contribution in [3.05, 3.63) is 96.6 Å². The molecule has 190 valence electrons. The smallest absolute Gasteiger partial charge is 0.0462 e. The third kappa shape index (κ3) is 4.45. The number of hydrogen-bond acceptors (Lipinski definition) is 1. The van der Waals surface area contributed by atoms with Crippen LogP contribution in [0.3, 0.4) is 0 Å². The van der Waals surface area contributed by atoms with Gasteiger partial charge in [-0.05, 0) is 122 Å². The van der Waals surface area contributed by atoms with Crippen molar-refractivity contribution in [3.63, 3.8) is 0 Å². The van der Waals surface area contributed by atoms with E-state index >= 15 is 0 Å². The van der Waals surface area contributed by atoms with Crippen molar-refractivity contribution in [2.45, 2.75) is 57.8 Å². The molecule has 0 heterocycles. The van der Waals surface area contributed by atoms with Crippen LogP contribution in [0.15, 0.2) is 91.0 Å². The third-order valence-electron chi connectivity index (χ3n) is 10.6. The van der Waals surface area contributed by atoms with Gasteiger partial charge in [0.2, 0.25) is 0 Å². The Morgan fingerprint density at radius 1 is 0.514 bits per heavy atom. The highest BCUT2D eigenvalue weighted by Gasteiger charge is 2.52. The van der Waals surface area contributed by atoms with Gasteiger partial charge in [0.1, 0.15) is 0 Å². The Morgan fingerprint density at radius 2 is 1.05 bits per heavy atom. The average molecular weight is 488 g/mol. The minimum absolute atomic E-state index is 0.785. The second-order valence-electron chi connectivity index (χ2n) is 12.4. The van der Waals surface area contributed by atoms with Crippen LogP contribution in [0.5, 0.6) is 0 Å². The first-order chi connectivity index (χ1) is 18.3. The summed E-state index contributed by atoms with van der Waals surface area (Å²) < 4.78 is 0. The molecule has 7 unspecified atom stereocenters. The predicted octanol–water partition coefficient (Wildman–Crippen LogP) is 10.0. The lowest BCUT2D eigenvalue weighted by molar-refractivity contribution is -0.0888. The van der Waals surface area contributed by atoms with Crippen molar-refractivity contribution < 1.29 is 0 Å². The van der Waals surface area contributed by atoms with Crippen LogP contribution in [0.25, 0.3) is 6.08 Å². The van der Waals surface area contributed by atoms with Crippen LogP contribution in [0.4, 0.5) is 17.1 Å². The maximum absolute atomic E-state index is 2.62. The average Bonchev–Trinajstić information content (AvgIpc) is 2.97. The first kappa shape index (κ1) is 23.3. The molecule has 0 spiro atoms. The molecular weight excluding hydrogens is 446 g/mol. The van der Waals surface area contributed by atoms with E-state index in [1.165, 1.54) is 74.0 Å². The maximum Gasteiger partial charge on any atom is 0.0462 e. The lowest BCUT2D eigenvalue weighted by Gasteiger charge is -2.59. The van der Waals surface area contributed by atoms with Crippen molar-refractivity contribution >= 4 is 23.1 Å². The SMILES string of the molecule is C(=C/C1CCC2CCC3CCCC4CCC1C2C34)/c1ccc(N(c2ccccc2)c2ccccc2)cc1. The monoisotopic (exact) mass is 487 g/mol. The molecule has 0 aliphatic heterocycles. The Bertz CT molecular complexity index is 1150. The standard InChI is InChI=1S/C36H41N/c1-3-10-31(11-4-1)37(32-12-5-2-6-13-32)33-23-15-26(16-24-33)14-17-27-18-19-30-21-20-28-8-7-9-29-22-25-34(27)36(30)35(28)29/h1-6,10-17,23-24,27-30,34-36H,7-9,18-22,25H2/b17-14-. The molecule has 37 heavy (non-hydrogen) atoms. The van der Waals surface area contributed by atoms with Crippen molar-refractivity contribution in [1.82, 2.24) is 0 Å². The van der Waals surface area contributed by atoms with Gasteiger partial charge in [-0.3, -0.25) is 0 Å². The van der Waals surface area contributed by atoms with Crippen molar-refractivity contribution in [3.8, 4) is 0 Å². The van der Waals surface area contributed by atoms with E-state index in [0.717, 1.165) is 41.4 Å². The molecule has 3 aromatic rings. The number of rotatable bonds is 5. The van der Waals surface area contributed by atoms with Crippen LogP contribution in [-0.2, 0) is 0 Å².